The van der Waals surface area contributed by atoms with Crippen LogP contribution in [0, 0.1) is 16.5 Å². The molecule has 8 heteroatoms. The maximum atomic E-state index is 13.4. The van der Waals surface area contributed by atoms with Crippen molar-refractivity contribution in [2.24, 2.45) is 13.0 Å². The first-order valence-corrected chi connectivity index (χ1v) is 7.84. The topological polar surface area (TPSA) is 70.3 Å². The number of esters is 1. The van der Waals surface area contributed by atoms with Gasteiger partial charge in [0.25, 0.3) is 5.56 Å². The van der Waals surface area contributed by atoms with E-state index >= 15 is 0 Å². The Morgan fingerprint density at radius 3 is 2.57 bits per heavy atom. The highest BCUT2D eigenvalue weighted by Crippen LogP contribution is 2.05. The Balaban J connectivity index is 2.46. The molecule has 0 bridgehead atoms. The highest BCUT2D eigenvalue weighted by Gasteiger charge is 2.12. The Bertz CT molecular complexity index is 694. The van der Waals surface area contributed by atoms with Crippen LogP contribution in [-0.4, -0.2) is 27.6 Å². The number of carbonyl (C=O) groups excluding carboxylic acids is 2. The zero-order valence-electron chi connectivity index (χ0n) is 13.5. The van der Waals surface area contributed by atoms with E-state index in [0.29, 0.717) is 25.9 Å². The Labute approximate surface area is 138 Å². The molecule has 0 unspecified atom stereocenters. The van der Waals surface area contributed by atoms with Gasteiger partial charge in [-0.1, -0.05) is 13.8 Å². The molecule has 0 fully saturated rings. The van der Waals surface area contributed by atoms with Gasteiger partial charge in [-0.2, -0.15) is 4.39 Å². The number of halogens is 1. The minimum atomic E-state index is -1.02. The van der Waals surface area contributed by atoms with E-state index in [4.69, 9.17) is 17.0 Å². The maximum Gasteiger partial charge on any atom is 0.308 e. The summed E-state index contributed by atoms with van der Waals surface area (Å²) < 4.78 is 20.3. The van der Waals surface area contributed by atoms with Crippen molar-refractivity contribution in [3.05, 3.63) is 27.1 Å². The second kappa shape index (κ2) is 8.71. The fourth-order valence-electron chi connectivity index (χ4n) is 1.83. The maximum absolute atomic E-state index is 13.4. The van der Waals surface area contributed by atoms with Crippen LogP contribution in [0.4, 0.5) is 4.39 Å². The highest BCUT2D eigenvalue weighted by atomic mass is 32.1. The molecule has 1 heterocycles. The van der Waals surface area contributed by atoms with Crippen LogP contribution in [0.3, 0.4) is 0 Å². The molecule has 0 aliphatic heterocycles. The van der Waals surface area contributed by atoms with Crippen LogP contribution in [0.25, 0.3) is 0 Å². The highest BCUT2D eigenvalue weighted by molar-refractivity contribution is 7.71. The SMILES string of the molecule is CC(C)C(=O)OCCCCCC(=O)n1cc(F)c(=O)n(C)c1=S. The summed E-state index contributed by atoms with van der Waals surface area (Å²) in [5.41, 5.74) is -0.856. The molecule has 0 amide bonds. The lowest BCUT2D eigenvalue weighted by atomic mass is 10.2. The average Bonchev–Trinajstić information content (AvgIpc) is 2.51. The van der Waals surface area contributed by atoms with Gasteiger partial charge in [0, 0.05) is 13.5 Å². The summed E-state index contributed by atoms with van der Waals surface area (Å²) in [6.07, 6.45) is 2.91. The van der Waals surface area contributed by atoms with Crippen LogP contribution in [0.15, 0.2) is 11.0 Å². The Morgan fingerprint density at radius 1 is 1.30 bits per heavy atom. The van der Waals surface area contributed by atoms with E-state index in [-0.39, 0.29) is 29.0 Å². The van der Waals surface area contributed by atoms with Crippen LogP contribution in [0.2, 0.25) is 0 Å². The van der Waals surface area contributed by atoms with Gasteiger partial charge in [-0.15, -0.1) is 0 Å². The number of aromatic nitrogens is 2. The molecule has 0 atom stereocenters. The van der Waals surface area contributed by atoms with Crippen LogP contribution in [0.1, 0.15) is 44.3 Å². The summed E-state index contributed by atoms with van der Waals surface area (Å²) in [5, 5.41) is 0. The van der Waals surface area contributed by atoms with Gasteiger partial charge in [0.1, 0.15) is 0 Å². The molecule has 0 aliphatic rings. The molecule has 0 spiro atoms. The zero-order valence-corrected chi connectivity index (χ0v) is 14.3. The van der Waals surface area contributed by atoms with Crippen molar-refractivity contribution in [3.8, 4) is 0 Å². The van der Waals surface area contributed by atoms with Crippen molar-refractivity contribution in [2.45, 2.75) is 39.5 Å². The molecule has 23 heavy (non-hydrogen) atoms. The molecule has 0 radical (unpaired) electrons. The molecule has 0 aromatic carbocycles. The normalized spacial score (nSPS) is 10.8. The molecule has 0 aliphatic carbocycles. The Morgan fingerprint density at radius 2 is 1.96 bits per heavy atom. The third kappa shape index (κ3) is 5.38. The Kier molecular flexibility index (Phi) is 7.28. The molecule has 0 saturated carbocycles. The number of nitrogens with zero attached hydrogens (tertiary/aromatic N) is 2. The molecule has 0 saturated heterocycles. The summed E-state index contributed by atoms with van der Waals surface area (Å²) in [5.74, 6) is -1.79. The predicted octanol–water partition coefficient (Wildman–Crippen LogP) is 2.46. The zero-order chi connectivity index (χ0) is 17.6. The summed E-state index contributed by atoms with van der Waals surface area (Å²) >= 11 is 4.97. The van der Waals surface area contributed by atoms with Gasteiger partial charge in [0.2, 0.25) is 11.7 Å². The number of hydrogen-bond acceptors (Lipinski definition) is 5. The first kappa shape index (κ1) is 19.2. The van der Waals surface area contributed by atoms with E-state index < -0.39 is 11.4 Å². The fraction of sp³-hybridized carbons (Fsp3) is 0.600. The first-order chi connectivity index (χ1) is 10.8. The molecular formula is C15H21FN2O4S. The number of ether oxygens (including phenoxy) is 1. The molecular weight excluding hydrogens is 323 g/mol. The summed E-state index contributed by atoms with van der Waals surface area (Å²) in [6.45, 7) is 3.84. The van der Waals surface area contributed by atoms with Crippen molar-refractivity contribution in [2.75, 3.05) is 6.61 Å². The lowest BCUT2D eigenvalue weighted by molar-refractivity contribution is -0.147. The largest absolute Gasteiger partial charge is 0.465 e. The van der Waals surface area contributed by atoms with Crippen molar-refractivity contribution in [1.82, 2.24) is 9.13 Å². The number of rotatable bonds is 7. The molecule has 128 valence electrons. The standard InChI is InChI=1S/C15H21FN2O4S/c1-10(2)14(21)22-8-6-4-5-7-12(19)18-9-11(16)13(20)17(3)15(18)23/h9-10H,4-8H2,1-3H3. The van der Waals surface area contributed by atoms with E-state index in [0.717, 1.165) is 15.3 Å². The number of hydrogen-bond donors (Lipinski definition) is 0. The van der Waals surface area contributed by atoms with Crippen LogP contribution in [0.5, 0.6) is 0 Å². The van der Waals surface area contributed by atoms with Gasteiger partial charge in [0.15, 0.2) is 4.77 Å². The van der Waals surface area contributed by atoms with Crippen LogP contribution < -0.4 is 5.56 Å². The van der Waals surface area contributed by atoms with Crippen molar-refractivity contribution in [1.29, 1.82) is 0 Å². The average molecular weight is 344 g/mol. The monoisotopic (exact) mass is 344 g/mol. The molecule has 6 nitrogen and oxygen atoms in total. The second-order valence-electron chi connectivity index (χ2n) is 5.52. The molecule has 1 rings (SSSR count). The van der Waals surface area contributed by atoms with E-state index in [1.165, 1.54) is 7.05 Å². The van der Waals surface area contributed by atoms with E-state index in [2.05, 4.69) is 0 Å². The molecule has 1 aromatic heterocycles. The third-order valence-corrected chi connectivity index (χ3v) is 3.73. The third-order valence-electron chi connectivity index (χ3n) is 3.26. The van der Waals surface area contributed by atoms with Gasteiger partial charge < -0.3 is 4.74 Å². The Hall–Kier alpha value is -1.83. The van der Waals surface area contributed by atoms with E-state index in [1.54, 1.807) is 13.8 Å². The molecule has 1 aromatic rings. The van der Waals surface area contributed by atoms with Crippen molar-refractivity contribution >= 4 is 24.1 Å². The predicted molar refractivity (Wildman–Crippen MR) is 85.4 cm³/mol. The number of carbonyl (C=O) groups is 2. The summed E-state index contributed by atoms with van der Waals surface area (Å²) in [6, 6.07) is 0. The van der Waals surface area contributed by atoms with Crippen molar-refractivity contribution in [3.63, 3.8) is 0 Å². The van der Waals surface area contributed by atoms with Gasteiger partial charge in [-0.3, -0.25) is 23.5 Å². The van der Waals surface area contributed by atoms with Gasteiger partial charge in [-0.25, -0.2) is 0 Å². The van der Waals surface area contributed by atoms with Gasteiger partial charge >= 0.3 is 5.97 Å². The number of unbranched alkanes of at least 4 members (excludes halogenated alkanes) is 2. The van der Waals surface area contributed by atoms with Gasteiger partial charge in [0.05, 0.1) is 18.7 Å². The quantitative estimate of drug-likeness (QED) is 0.432. The van der Waals surface area contributed by atoms with Crippen LogP contribution >= 0.6 is 12.2 Å². The minimum Gasteiger partial charge on any atom is -0.465 e. The summed E-state index contributed by atoms with van der Waals surface area (Å²) in [4.78, 5) is 34.6. The summed E-state index contributed by atoms with van der Waals surface area (Å²) in [7, 11) is 1.32. The van der Waals surface area contributed by atoms with Crippen LogP contribution in [-0.2, 0) is 16.6 Å². The van der Waals surface area contributed by atoms with Gasteiger partial charge in [-0.05, 0) is 31.5 Å². The van der Waals surface area contributed by atoms with E-state index in [9.17, 15) is 18.8 Å². The lowest BCUT2D eigenvalue weighted by Gasteiger charge is -2.09. The minimum absolute atomic E-state index is 0.0349. The van der Waals surface area contributed by atoms with Crippen molar-refractivity contribution < 1.29 is 18.7 Å². The second-order valence-corrected chi connectivity index (χ2v) is 5.89. The smallest absolute Gasteiger partial charge is 0.308 e. The van der Waals surface area contributed by atoms with E-state index in [1.807, 2.05) is 0 Å². The molecule has 0 N–H and O–H groups in total. The first-order valence-electron chi connectivity index (χ1n) is 7.43. The fourth-order valence-corrected chi connectivity index (χ4v) is 2.06. The lowest BCUT2D eigenvalue weighted by Crippen LogP contribution is -2.27.